The van der Waals surface area contributed by atoms with E-state index in [1.165, 1.54) is 9.87 Å². The monoisotopic (exact) mass is 416 g/mol. The Balaban J connectivity index is 2.37. The van der Waals surface area contributed by atoms with E-state index in [0.29, 0.717) is 12.1 Å². The Kier molecular flexibility index (Phi) is 7.11. The number of benzene rings is 2. The van der Waals surface area contributed by atoms with Gasteiger partial charge in [0, 0.05) is 0 Å². The van der Waals surface area contributed by atoms with E-state index in [1.807, 2.05) is 65.0 Å². The van der Waals surface area contributed by atoms with Gasteiger partial charge in [-0.1, -0.05) is 42.8 Å². The van der Waals surface area contributed by atoms with Crippen LogP contribution in [0.4, 0.5) is 5.69 Å². The van der Waals surface area contributed by atoms with E-state index in [9.17, 15) is 13.2 Å². The van der Waals surface area contributed by atoms with E-state index in [4.69, 9.17) is 0 Å². The van der Waals surface area contributed by atoms with E-state index < -0.39 is 16.1 Å². The zero-order chi connectivity index (χ0) is 21.9. The minimum atomic E-state index is -3.65. The van der Waals surface area contributed by atoms with Crippen LogP contribution in [0.2, 0.25) is 0 Å². The van der Waals surface area contributed by atoms with Crippen LogP contribution in [0.5, 0.6) is 0 Å². The van der Waals surface area contributed by atoms with Crippen LogP contribution in [0.25, 0.3) is 0 Å². The van der Waals surface area contributed by atoms with E-state index in [1.54, 1.807) is 6.92 Å². The van der Waals surface area contributed by atoms with Crippen LogP contribution in [0.3, 0.4) is 0 Å². The van der Waals surface area contributed by atoms with Crippen molar-refractivity contribution >= 4 is 21.6 Å². The summed E-state index contributed by atoms with van der Waals surface area (Å²) in [5, 5.41) is 3.05. The van der Waals surface area contributed by atoms with Gasteiger partial charge in [-0.3, -0.25) is 9.10 Å². The Bertz CT molecular complexity index is 999. The molecule has 0 unspecified atom stereocenters. The average Bonchev–Trinajstić information content (AvgIpc) is 2.62. The molecule has 2 aromatic carbocycles. The molecule has 2 atom stereocenters. The second kappa shape index (κ2) is 8.99. The molecule has 0 bridgehead atoms. The number of nitrogens with zero attached hydrogens (tertiary/aromatic N) is 1. The maximum absolute atomic E-state index is 13.1. The lowest BCUT2D eigenvalue weighted by Gasteiger charge is -2.31. The van der Waals surface area contributed by atoms with Crippen molar-refractivity contribution in [1.29, 1.82) is 0 Å². The van der Waals surface area contributed by atoms with Gasteiger partial charge in [0.05, 0.1) is 18.0 Å². The molecule has 0 aliphatic rings. The third kappa shape index (κ3) is 5.38. The highest BCUT2D eigenvalue weighted by molar-refractivity contribution is 7.92. The van der Waals surface area contributed by atoms with Crippen molar-refractivity contribution in [2.75, 3.05) is 10.6 Å². The van der Waals surface area contributed by atoms with Crippen molar-refractivity contribution in [1.82, 2.24) is 5.32 Å². The molecule has 158 valence electrons. The summed E-state index contributed by atoms with van der Waals surface area (Å²) in [6, 6.07) is 10.7. The molecule has 5 nitrogen and oxygen atoms in total. The minimum Gasteiger partial charge on any atom is -0.347 e. The first kappa shape index (κ1) is 22.9. The molecule has 0 spiro atoms. The summed E-state index contributed by atoms with van der Waals surface area (Å²) >= 11 is 0. The molecule has 0 aliphatic carbocycles. The summed E-state index contributed by atoms with van der Waals surface area (Å²) in [4.78, 5) is 13.1. The highest BCUT2D eigenvalue weighted by Crippen LogP contribution is 2.27. The number of hydrogen-bond donors (Lipinski definition) is 1. The van der Waals surface area contributed by atoms with Gasteiger partial charge in [-0.2, -0.15) is 0 Å². The molecule has 29 heavy (non-hydrogen) atoms. The zero-order valence-electron chi connectivity index (χ0n) is 18.4. The van der Waals surface area contributed by atoms with Crippen LogP contribution in [0, 0.1) is 27.7 Å². The summed E-state index contributed by atoms with van der Waals surface area (Å²) in [6.45, 7) is 11.5. The summed E-state index contributed by atoms with van der Waals surface area (Å²) in [7, 11) is -3.65. The predicted molar refractivity (Wildman–Crippen MR) is 120 cm³/mol. The number of carbonyl (C=O) groups is 1. The number of aryl methyl sites for hydroxylation is 4. The molecule has 2 aromatic rings. The molecule has 0 saturated carbocycles. The summed E-state index contributed by atoms with van der Waals surface area (Å²) in [6.07, 6.45) is 1.85. The van der Waals surface area contributed by atoms with Crippen LogP contribution in [-0.2, 0) is 14.8 Å². The first-order valence-electron chi connectivity index (χ1n) is 9.89. The van der Waals surface area contributed by atoms with Crippen molar-refractivity contribution in [3.05, 3.63) is 64.2 Å². The van der Waals surface area contributed by atoms with Gasteiger partial charge in [0.15, 0.2) is 0 Å². The van der Waals surface area contributed by atoms with Gasteiger partial charge in [-0.05, 0) is 69.4 Å². The van der Waals surface area contributed by atoms with Gasteiger partial charge >= 0.3 is 0 Å². The van der Waals surface area contributed by atoms with Crippen molar-refractivity contribution in [3.8, 4) is 0 Å². The SMILES string of the molecule is CC[C@@H](NC(=O)[C@H](C)N(c1cc(C)ccc1C)S(C)(=O)=O)c1ccc(C)cc1C. The van der Waals surface area contributed by atoms with Crippen LogP contribution in [0.15, 0.2) is 36.4 Å². The number of anilines is 1. The van der Waals surface area contributed by atoms with Crippen LogP contribution in [-0.4, -0.2) is 26.6 Å². The van der Waals surface area contributed by atoms with Gasteiger partial charge in [-0.15, -0.1) is 0 Å². The number of hydrogen-bond acceptors (Lipinski definition) is 3. The molecule has 0 aromatic heterocycles. The molecule has 0 fully saturated rings. The Morgan fingerprint density at radius 1 is 1.00 bits per heavy atom. The molecule has 0 radical (unpaired) electrons. The number of amides is 1. The van der Waals surface area contributed by atoms with Gasteiger partial charge in [0.2, 0.25) is 15.9 Å². The molecular weight excluding hydrogens is 384 g/mol. The number of sulfonamides is 1. The van der Waals surface area contributed by atoms with Crippen molar-refractivity contribution in [2.45, 2.75) is 60.0 Å². The van der Waals surface area contributed by atoms with E-state index in [-0.39, 0.29) is 11.9 Å². The molecular formula is C23H32N2O3S. The number of carbonyl (C=O) groups excluding carboxylic acids is 1. The van der Waals surface area contributed by atoms with E-state index in [0.717, 1.165) is 28.5 Å². The molecule has 1 amide bonds. The molecule has 1 N–H and O–H groups in total. The van der Waals surface area contributed by atoms with Gasteiger partial charge < -0.3 is 5.32 Å². The van der Waals surface area contributed by atoms with Crippen molar-refractivity contribution in [2.24, 2.45) is 0 Å². The first-order valence-corrected chi connectivity index (χ1v) is 11.7. The first-order chi connectivity index (χ1) is 13.5. The maximum Gasteiger partial charge on any atom is 0.244 e. The van der Waals surface area contributed by atoms with Gasteiger partial charge in [0.1, 0.15) is 6.04 Å². The standard InChI is InChI=1S/C23H32N2O3S/c1-8-21(20-12-10-15(2)13-18(20)5)24-23(26)19(6)25(29(7,27)28)22-14-16(3)9-11-17(22)4/h9-14,19,21H,8H2,1-7H3,(H,24,26)/t19-,21+/m0/s1. The smallest absolute Gasteiger partial charge is 0.244 e. The lowest BCUT2D eigenvalue weighted by atomic mass is 9.97. The average molecular weight is 417 g/mol. The fraction of sp³-hybridized carbons (Fsp3) is 0.435. The summed E-state index contributed by atoms with van der Waals surface area (Å²) < 4.78 is 26.4. The highest BCUT2D eigenvalue weighted by Gasteiger charge is 2.31. The third-order valence-electron chi connectivity index (χ3n) is 5.22. The third-order valence-corrected chi connectivity index (χ3v) is 6.44. The summed E-state index contributed by atoms with van der Waals surface area (Å²) in [5.74, 6) is -0.317. The maximum atomic E-state index is 13.1. The molecule has 2 rings (SSSR count). The van der Waals surface area contributed by atoms with E-state index in [2.05, 4.69) is 11.4 Å². The van der Waals surface area contributed by atoms with E-state index >= 15 is 0 Å². The second-order valence-electron chi connectivity index (χ2n) is 7.85. The van der Waals surface area contributed by atoms with Crippen LogP contribution in [0.1, 0.15) is 54.1 Å². The fourth-order valence-electron chi connectivity index (χ4n) is 3.65. The molecule has 6 heteroatoms. The molecule has 0 saturated heterocycles. The Hall–Kier alpha value is -2.34. The van der Waals surface area contributed by atoms with Gasteiger partial charge in [0.25, 0.3) is 0 Å². The quantitative estimate of drug-likeness (QED) is 0.730. The van der Waals surface area contributed by atoms with Crippen LogP contribution < -0.4 is 9.62 Å². The van der Waals surface area contributed by atoms with Crippen LogP contribution >= 0.6 is 0 Å². The zero-order valence-corrected chi connectivity index (χ0v) is 19.2. The Morgan fingerprint density at radius 3 is 2.14 bits per heavy atom. The highest BCUT2D eigenvalue weighted by atomic mass is 32.2. The van der Waals surface area contributed by atoms with Gasteiger partial charge in [-0.25, -0.2) is 8.42 Å². The lowest BCUT2D eigenvalue weighted by Crippen LogP contribution is -2.49. The Morgan fingerprint density at radius 2 is 1.59 bits per heavy atom. The minimum absolute atomic E-state index is 0.175. The lowest BCUT2D eigenvalue weighted by molar-refractivity contribution is -0.122. The summed E-state index contributed by atoms with van der Waals surface area (Å²) in [5.41, 5.74) is 5.61. The largest absolute Gasteiger partial charge is 0.347 e. The second-order valence-corrected chi connectivity index (χ2v) is 9.71. The predicted octanol–water partition coefficient (Wildman–Crippen LogP) is 4.34. The fourth-order valence-corrected chi connectivity index (χ4v) is 4.87. The molecule has 0 aliphatic heterocycles. The van der Waals surface area contributed by atoms with Crippen molar-refractivity contribution < 1.29 is 13.2 Å². The normalized spacial score (nSPS) is 13.6. The number of nitrogens with one attached hydrogen (secondary N) is 1. The topological polar surface area (TPSA) is 66.5 Å². The number of rotatable bonds is 7. The molecule has 0 heterocycles. The Labute approximate surface area is 175 Å². The van der Waals surface area contributed by atoms with Crippen molar-refractivity contribution in [3.63, 3.8) is 0 Å².